The molecular weight excluding hydrogens is 208 g/mol. The van der Waals surface area contributed by atoms with Crippen molar-refractivity contribution in [1.29, 1.82) is 0 Å². The van der Waals surface area contributed by atoms with Gasteiger partial charge >= 0.3 is 5.97 Å². The van der Waals surface area contributed by atoms with Gasteiger partial charge in [0.15, 0.2) is 0 Å². The lowest BCUT2D eigenvalue weighted by atomic mass is 10.0. The van der Waals surface area contributed by atoms with Crippen LogP contribution in [0.1, 0.15) is 33.1 Å². The number of ether oxygens (including phenoxy) is 1. The van der Waals surface area contributed by atoms with E-state index in [9.17, 15) is 9.59 Å². The third-order valence-electron chi connectivity index (χ3n) is 2.67. The minimum Gasteiger partial charge on any atom is -0.465 e. The van der Waals surface area contributed by atoms with Crippen LogP contribution in [0.5, 0.6) is 0 Å². The SMILES string of the molecule is CCOC(=O)C(CC)NC1CCCNC1=O. The van der Waals surface area contributed by atoms with Gasteiger partial charge in [0, 0.05) is 6.54 Å². The molecule has 0 bridgehead atoms. The van der Waals surface area contributed by atoms with Crippen molar-refractivity contribution in [2.75, 3.05) is 13.2 Å². The van der Waals surface area contributed by atoms with Crippen molar-refractivity contribution in [3.8, 4) is 0 Å². The average Bonchev–Trinajstić information content (AvgIpc) is 2.28. The van der Waals surface area contributed by atoms with Crippen LogP contribution in [0.25, 0.3) is 0 Å². The van der Waals surface area contributed by atoms with Crippen molar-refractivity contribution in [2.24, 2.45) is 0 Å². The molecule has 16 heavy (non-hydrogen) atoms. The van der Waals surface area contributed by atoms with E-state index in [1.165, 1.54) is 0 Å². The first kappa shape index (κ1) is 13.0. The van der Waals surface area contributed by atoms with E-state index in [4.69, 9.17) is 4.74 Å². The van der Waals surface area contributed by atoms with Gasteiger partial charge in [-0.05, 0) is 26.2 Å². The minimum absolute atomic E-state index is 0.0194. The molecule has 0 aliphatic carbocycles. The molecule has 0 spiro atoms. The van der Waals surface area contributed by atoms with E-state index in [-0.39, 0.29) is 24.0 Å². The molecule has 5 nitrogen and oxygen atoms in total. The maximum Gasteiger partial charge on any atom is 0.323 e. The second-order valence-electron chi connectivity index (χ2n) is 3.87. The van der Waals surface area contributed by atoms with E-state index >= 15 is 0 Å². The highest BCUT2D eigenvalue weighted by Gasteiger charge is 2.27. The van der Waals surface area contributed by atoms with E-state index < -0.39 is 0 Å². The highest BCUT2D eigenvalue weighted by molar-refractivity contribution is 5.84. The highest BCUT2D eigenvalue weighted by atomic mass is 16.5. The lowest BCUT2D eigenvalue weighted by molar-refractivity contribution is -0.146. The number of esters is 1. The average molecular weight is 228 g/mol. The first-order valence-electron chi connectivity index (χ1n) is 5.89. The van der Waals surface area contributed by atoms with Crippen molar-refractivity contribution in [1.82, 2.24) is 10.6 Å². The van der Waals surface area contributed by atoms with E-state index in [1.807, 2.05) is 6.92 Å². The van der Waals surface area contributed by atoms with Gasteiger partial charge in [0.05, 0.1) is 12.6 Å². The molecule has 1 aliphatic rings. The third-order valence-corrected chi connectivity index (χ3v) is 2.67. The lowest BCUT2D eigenvalue weighted by Gasteiger charge is -2.26. The Morgan fingerprint density at radius 3 is 2.94 bits per heavy atom. The van der Waals surface area contributed by atoms with Gasteiger partial charge in [0.2, 0.25) is 5.91 Å². The molecule has 1 aliphatic heterocycles. The Labute approximate surface area is 95.9 Å². The molecule has 0 saturated carbocycles. The minimum atomic E-state index is -0.381. The maximum absolute atomic E-state index is 11.5. The largest absolute Gasteiger partial charge is 0.465 e. The van der Waals surface area contributed by atoms with E-state index in [0.717, 1.165) is 19.4 Å². The quantitative estimate of drug-likeness (QED) is 0.659. The monoisotopic (exact) mass is 228 g/mol. The van der Waals surface area contributed by atoms with Gasteiger partial charge in [0.1, 0.15) is 6.04 Å². The standard InChI is InChI=1S/C11H20N2O3/c1-3-8(11(15)16-4-2)13-9-6-5-7-12-10(9)14/h8-9,13H,3-7H2,1-2H3,(H,12,14). The van der Waals surface area contributed by atoms with Crippen LogP contribution in [-0.2, 0) is 14.3 Å². The van der Waals surface area contributed by atoms with Crippen molar-refractivity contribution in [3.63, 3.8) is 0 Å². The smallest absolute Gasteiger partial charge is 0.323 e. The molecule has 0 aromatic heterocycles. The first-order valence-corrected chi connectivity index (χ1v) is 5.89. The zero-order valence-electron chi connectivity index (χ0n) is 9.91. The Kier molecular flexibility index (Phi) is 5.25. The van der Waals surface area contributed by atoms with Gasteiger partial charge in [-0.2, -0.15) is 0 Å². The second kappa shape index (κ2) is 6.48. The molecule has 1 amide bonds. The molecule has 2 N–H and O–H groups in total. The lowest BCUT2D eigenvalue weighted by Crippen LogP contribution is -2.53. The highest BCUT2D eigenvalue weighted by Crippen LogP contribution is 2.06. The summed E-state index contributed by atoms with van der Waals surface area (Å²) in [4.78, 5) is 23.0. The molecule has 1 fully saturated rings. The fourth-order valence-electron chi connectivity index (χ4n) is 1.77. The summed E-state index contributed by atoms with van der Waals surface area (Å²) in [5.41, 5.74) is 0. The molecule has 2 atom stereocenters. The molecule has 92 valence electrons. The van der Waals surface area contributed by atoms with Gasteiger partial charge in [-0.3, -0.25) is 14.9 Å². The molecule has 0 aromatic rings. The summed E-state index contributed by atoms with van der Waals surface area (Å²) in [6.07, 6.45) is 2.35. The predicted octanol–water partition coefficient (Wildman–Crippen LogP) is 0.196. The molecular formula is C11H20N2O3. The van der Waals surface area contributed by atoms with E-state index in [1.54, 1.807) is 6.92 Å². The van der Waals surface area contributed by atoms with E-state index in [0.29, 0.717) is 13.0 Å². The Balaban J connectivity index is 2.48. The number of carbonyl (C=O) groups is 2. The first-order chi connectivity index (χ1) is 7.69. The molecule has 1 heterocycles. The molecule has 2 unspecified atom stereocenters. The number of carbonyl (C=O) groups excluding carboxylic acids is 2. The van der Waals surface area contributed by atoms with Gasteiger partial charge in [-0.25, -0.2) is 0 Å². The number of piperidine rings is 1. The van der Waals surface area contributed by atoms with Crippen LogP contribution in [0.2, 0.25) is 0 Å². The van der Waals surface area contributed by atoms with E-state index in [2.05, 4.69) is 10.6 Å². The summed E-state index contributed by atoms with van der Waals surface area (Å²) in [6.45, 7) is 4.77. The summed E-state index contributed by atoms with van der Waals surface area (Å²) >= 11 is 0. The van der Waals surface area contributed by atoms with Gasteiger partial charge in [0.25, 0.3) is 0 Å². The zero-order chi connectivity index (χ0) is 12.0. The van der Waals surface area contributed by atoms with Crippen LogP contribution in [0.3, 0.4) is 0 Å². The molecule has 1 rings (SSSR count). The van der Waals surface area contributed by atoms with Gasteiger partial charge in [-0.1, -0.05) is 6.92 Å². The third kappa shape index (κ3) is 3.48. The molecule has 1 saturated heterocycles. The van der Waals surface area contributed by atoms with Gasteiger partial charge < -0.3 is 10.1 Å². The van der Waals surface area contributed by atoms with Crippen molar-refractivity contribution in [3.05, 3.63) is 0 Å². The molecule has 5 heteroatoms. The van der Waals surface area contributed by atoms with Crippen LogP contribution in [0.15, 0.2) is 0 Å². The number of hydrogen-bond acceptors (Lipinski definition) is 4. The van der Waals surface area contributed by atoms with Crippen molar-refractivity contribution >= 4 is 11.9 Å². The summed E-state index contributed by atoms with van der Waals surface area (Å²) in [6, 6.07) is -0.642. The molecule has 0 radical (unpaired) electrons. The Hall–Kier alpha value is -1.10. The van der Waals surface area contributed by atoms with Crippen molar-refractivity contribution in [2.45, 2.75) is 45.2 Å². The predicted molar refractivity (Wildman–Crippen MR) is 59.9 cm³/mol. The van der Waals surface area contributed by atoms with Gasteiger partial charge in [-0.15, -0.1) is 0 Å². The number of nitrogens with one attached hydrogen (secondary N) is 2. The van der Waals surface area contributed by atoms with Crippen molar-refractivity contribution < 1.29 is 14.3 Å². The van der Waals surface area contributed by atoms with Crippen LogP contribution < -0.4 is 10.6 Å². The zero-order valence-corrected chi connectivity index (χ0v) is 9.91. The number of hydrogen-bond donors (Lipinski definition) is 2. The Morgan fingerprint density at radius 1 is 1.62 bits per heavy atom. The summed E-state index contributed by atoms with van der Waals surface area (Å²) in [5.74, 6) is -0.294. The number of amides is 1. The topological polar surface area (TPSA) is 67.4 Å². The Morgan fingerprint density at radius 2 is 2.38 bits per heavy atom. The van der Waals surface area contributed by atoms with Crippen LogP contribution in [0.4, 0.5) is 0 Å². The summed E-state index contributed by atoms with van der Waals surface area (Å²) in [7, 11) is 0. The second-order valence-corrected chi connectivity index (χ2v) is 3.87. The maximum atomic E-state index is 11.5. The Bertz CT molecular complexity index is 256. The molecule has 0 aromatic carbocycles. The summed E-state index contributed by atoms with van der Waals surface area (Å²) in [5, 5.41) is 5.83. The number of rotatable bonds is 5. The van der Waals surface area contributed by atoms with Crippen LogP contribution in [0, 0.1) is 0 Å². The summed E-state index contributed by atoms with van der Waals surface area (Å²) < 4.78 is 4.94. The fourth-order valence-corrected chi connectivity index (χ4v) is 1.77. The van der Waals surface area contributed by atoms with Crippen LogP contribution >= 0.6 is 0 Å². The normalized spacial score (nSPS) is 22.4. The van der Waals surface area contributed by atoms with Crippen LogP contribution in [-0.4, -0.2) is 37.1 Å². The fraction of sp³-hybridized carbons (Fsp3) is 0.818.